The monoisotopic (exact) mass is 247 g/mol. The molecule has 0 atom stereocenters. The van der Waals surface area contributed by atoms with Crippen LogP contribution in [0.2, 0.25) is 0 Å². The molecule has 0 fully saturated rings. The number of nitrogens with one attached hydrogen (secondary N) is 1. The van der Waals surface area contributed by atoms with Crippen molar-refractivity contribution in [2.45, 2.75) is 20.4 Å². The molecule has 0 amide bonds. The standard InChI is InChI=1S/C12H17N5O/c1-8-10(7-17(3)16-8)6-13-11-5-12(18-4)15-9(2)14-11/h5,7H,6H2,1-4H3,(H,13,14,15). The minimum Gasteiger partial charge on any atom is -0.481 e. The first-order valence-electron chi connectivity index (χ1n) is 5.71. The third kappa shape index (κ3) is 2.77. The highest BCUT2D eigenvalue weighted by Gasteiger charge is 2.05. The molecule has 0 aliphatic carbocycles. The lowest BCUT2D eigenvalue weighted by atomic mass is 10.2. The van der Waals surface area contributed by atoms with Crippen molar-refractivity contribution in [2.75, 3.05) is 12.4 Å². The van der Waals surface area contributed by atoms with Crippen molar-refractivity contribution >= 4 is 5.82 Å². The van der Waals surface area contributed by atoms with E-state index in [9.17, 15) is 0 Å². The fourth-order valence-corrected chi connectivity index (χ4v) is 1.74. The number of aryl methyl sites for hydroxylation is 3. The van der Waals surface area contributed by atoms with Gasteiger partial charge in [0.2, 0.25) is 5.88 Å². The van der Waals surface area contributed by atoms with Crippen molar-refractivity contribution in [3.8, 4) is 5.88 Å². The number of hydrogen-bond donors (Lipinski definition) is 1. The Balaban J connectivity index is 2.10. The second-order valence-corrected chi connectivity index (χ2v) is 4.11. The van der Waals surface area contributed by atoms with Crippen LogP contribution in [0, 0.1) is 13.8 Å². The van der Waals surface area contributed by atoms with Gasteiger partial charge in [0.05, 0.1) is 12.8 Å². The first-order valence-corrected chi connectivity index (χ1v) is 5.71. The Kier molecular flexibility index (Phi) is 3.45. The molecule has 18 heavy (non-hydrogen) atoms. The maximum absolute atomic E-state index is 5.11. The summed E-state index contributed by atoms with van der Waals surface area (Å²) in [5.41, 5.74) is 2.16. The van der Waals surface area contributed by atoms with E-state index in [4.69, 9.17) is 4.74 Å². The molecule has 0 aromatic carbocycles. The van der Waals surface area contributed by atoms with E-state index in [-0.39, 0.29) is 0 Å². The average Bonchev–Trinajstić information content (AvgIpc) is 2.64. The molecule has 0 bridgehead atoms. The smallest absolute Gasteiger partial charge is 0.218 e. The van der Waals surface area contributed by atoms with E-state index in [2.05, 4.69) is 20.4 Å². The topological polar surface area (TPSA) is 64.9 Å². The second-order valence-electron chi connectivity index (χ2n) is 4.11. The largest absolute Gasteiger partial charge is 0.481 e. The molecule has 0 aliphatic heterocycles. The van der Waals surface area contributed by atoms with Crippen LogP contribution in [0.25, 0.3) is 0 Å². The van der Waals surface area contributed by atoms with E-state index in [1.54, 1.807) is 17.9 Å². The fourth-order valence-electron chi connectivity index (χ4n) is 1.74. The lowest BCUT2D eigenvalue weighted by molar-refractivity contribution is 0.396. The summed E-state index contributed by atoms with van der Waals surface area (Å²) >= 11 is 0. The third-order valence-corrected chi connectivity index (χ3v) is 2.60. The lowest BCUT2D eigenvalue weighted by Crippen LogP contribution is -2.04. The molecule has 0 spiro atoms. The first kappa shape index (κ1) is 12.3. The van der Waals surface area contributed by atoms with E-state index in [1.807, 2.05) is 27.1 Å². The van der Waals surface area contributed by atoms with Gasteiger partial charge in [-0.2, -0.15) is 10.1 Å². The normalized spacial score (nSPS) is 10.4. The molecule has 0 saturated carbocycles. The minimum atomic E-state index is 0.563. The van der Waals surface area contributed by atoms with Crippen LogP contribution >= 0.6 is 0 Å². The number of ether oxygens (including phenoxy) is 1. The van der Waals surface area contributed by atoms with E-state index in [1.165, 1.54) is 0 Å². The van der Waals surface area contributed by atoms with Gasteiger partial charge >= 0.3 is 0 Å². The molecule has 2 aromatic heterocycles. The van der Waals surface area contributed by atoms with Crippen LogP contribution in [0.1, 0.15) is 17.1 Å². The molecule has 0 radical (unpaired) electrons. The summed E-state index contributed by atoms with van der Waals surface area (Å²) in [6.07, 6.45) is 1.99. The van der Waals surface area contributed by atoms with Crippen LogP contribution in [0.3, 0.4) is 0 Å². The van der Waals surface area contributed by atoms with Gasteiger partial charge in [0.25, 0.3) is 0 Å². The Morgan fingerprint density at radius 1 is 1.33 bits per heavy atom. The van der Waals surface area contributed by atoms with Crippen molar-refractivity contribution in [3.63, 3.8) is 0 Å². The van der Waals surface area contributed by atoms with Crippen molar-refractivity contribution in [2.24, 2.45) is 7.05 Å². The van der Waals surface area contributed by atoms with Gasteiger partial charge in [0.1, 0.15) is 11.6 Å². The zero-order valence-electron chi connectivity index (χ0n) is 11.1. The summed E-state index contributed by atoms with van der Waals surface area (Å²) in [6, 6.07) is 1.78. The Bertz CT molecular complexity index is 549. The highest BCUT2D eigenvalue weighted by Crippen LogP contribution is 2.14. The number of rotatable bonds is 4. The molecule has 96 valence electrons. The number of hydrogen-bond acceptors (Lipinski definition) is 5. The van der Waals surface area contributed by atoms with E-state index in [0.717, 1.165) is 17.1 Å². The number of nitrogens with zero attached hydrogens (tertiary/aromatic N) is 4. The molecule has 6 nitrogen and oxygen atoms in total. The lowest BCUT2D eigenvalue weighted by Gasteiger charge is -2.07. The minimum absolute atomic E-state index is 0.563. The summed E-state index contributed by atoms with van der Waals surface area (Å²) in [4.78, 5) is 8.44. The molecular weight excluding hydrogens is 230 g/mol. The number of aromatic nitrogens is 4. The maximum Gasteiger partial charge on any atom is 0.218 e. The van der Waals surface area contributed by atoms with Crippen LogP contribution in [0.4, 0.5) is 5.82 Å². The molecular formula is C12H17N5O. The summed E-state index contributed by atoms with van der Waals surface area (Å²) in [7, 11) is 3.51. The zero-order chi connectivity index (χ0) is 13.1. The summed E-state index contributed by atoms with van der Waals surface area (Å²) < 4.78 is 6.91. The van der Waals surface area contributed by atoms with Gasteiger partial charge in [-0.05, 0) is 13.8 Å². The molecule has 0 saturated heterocycles. The van der Waals surface area contributed by atoms with Gasteiger partial charge in [-0.1, -0.05) is 0 Å². The summed E-state index contributed by atoms with van der Waals surface area (Å²) in [5.74, 6) is 2.00. The first-order chi connectivity index (χ1) is 8.58. The van der Waals surface area contributed by atoms with Crippen LogP contribution in [0.5, 0.6) is 5.88 Å². The van der Waals surface area contributed by atoms with Gasteiger partial charge < -0.3 is 10.1 Å². The number of anilines is 1. The molecule has 1 N–H and O–H groups in total. The highest BCUT2D eigenvalue weighted by atomic mass is 16.5. The second kappa shape index (κ2) is 5.03. The Labute approximate surface area is 106 Å². The van der Waals surface area contributed by atoms with Gasteiger partial charge in [-0.3, -0.25) is 4.68 Å². The van der Waals surface area contributed by atoms with Crippen LogP contribution < -0.4 is 10.1 Å². The van der Waals surface area contributed by atoms with Gasteiger partial charge in [0, 0.05) is 31.4 Å². The van der Waals surface area contributed by atoms with Gasteiger partial charge in [-0.15, -0.1) is 0 Å². The van der Waals surface area contributed by atoms with Crippen LogP contribution in [0.15, 0.2) is 12.3 Å². The van der Waals surface area contributed by atoms with Gasteiger partial charge in [-0.25, -0.2) is 4.98 Å². The SMILES string of the molecule is COc1cc(NCc2cn(C)nc2C)nc(C)n1. The number of methoxy groups -OCH3 is 1. The molecule has 2 aromatic rings. The van der Waals surface area contributed by atoms with Crippen molar-refractivity contribution < 1.29 is 4.74 Å². The maximum atomic E-state index is 5.11. The summed E-state index contributed by atoms with van der Waals surface area (Å²) in [5, 5.41) is 7.54. The highest BCUT2D eigenvalue weighted by molar-refractivity contribution is 5.39. The van der Waals surface area contributed by atoms with E-state index < -0.39 is 0 Å². The molecule has 2 heterocycles. The molecule has 6 heteroatoms. The molecule has 0 aliphatic rings. The van der Waals surface area contributed by atoms with E-state index in [0.29, 0.717) is 18.2 Å². The van der Waals surface area contributed by atoms with Crippen LogP contribution in [-0.2, 0) is 13.6 Å². The molecule has 2 rings (SSSR count). The van der Waals surface area contributed by atoms with Gasteiger partial charge in [0.15, 0.2) is 0 Å². The van der Waals surface area contributed by atoms with Crippen molar-refractivity contribution in [1.29, 1.82) is 0 Å². The molecule has 0 unspecified atom stereocenters. The van der Waals surface area contributed by atoms with Crippen LogP contribution in [-0.4, -0.2) is 26.9 Å². The van der Waals surface area contributed by atoms with E-state index >= 15 is 0 Å². The Morgan fingerprint density at radius 2 is 2.11 bits per heavy atom. The summed E-state index contributed by atoms with van der Waals surface area (Å²) in [6.45, 7) is 4.51. The van der Waals surface area contributed by atoms with Crippen molar-refractivity contribution in [3.05, 3.63) is 29.3 Å². The third-order valence-electron chi connectivity index (χ3n) is 2.60. The Hall–Kier alpha value is -2.11. The predicted octanol–water partition coefficient (Wildman–Crippen LogP) is 1.45. The predicted molar refractivity (Wildman–Crippen MR) is 68.6 cm³/mol. The average molecular weight is 247 g/mol. The van der Waals surface area contributed by atoms with Crippen molar-refractivity contribution in [1.82, 2.24) is 19.7 Å². The Morgan fingerprint density at radius 3 is 2.72 bits per heavy atom. The fraction of sp³-hybridized carbons (Fsp3) is 0.417. The zero-order valence-corrected chi connectivity index (χ0v) is 11.1. The quantitative estimate of drug-likeness (QED) is 0.885.